The minimum Gasteiger partial charge on any atom is -0.389 e. The standard InChI is InChI=1S/C14H29NO3/c1-13-5-3-6-14(16,11-13)12-15-7-10-18-9-4-8-17-2/h13,15-16H,3-12H2,1-2H3. The Morgan fingerprint density at radius 3 is 2.89 bits per heavy atom. The van der Waals surface area contributed by atoms with Crippen molar-refractivity contribution in [3.63, 3.8) is 0 Å². The highest BCUT2D eigenvalue weighted by molar-refractivity contribution is 4.86. The second kappa shape index (κ2) is 8.86. The van der Waals surface area contributed by atoms with Crippen LogP contribution in [0.2, 0.25) is 0 Å². The van der Waals surface area contributed by atoms with Crippen molar-refractivity contribution in [1.82, 2.24) is 5.32 Å². The summed E-state index contributed by atoms with van der Waals surface area (Å²) < 4.78 is 10.4. The maximum absolute atomic E-state index is 10.4. The van der Waals surface area contributed by atoms with Crippen molar-refractivity contribution >= 4 is 0 Å². The van der Waals surface area contributed by atoms with Crippen LogP contribution in [0.3, 0.4) is 0 Å². The molecule has 18 heavy (non-hydrogen) atoms. The Bertz CT molecular complexity index is 213. The van der Waals surface area contributed by atoms with Crippen LogP contribution in [0.5, 0.6) is 0 Å². The van der Waals surface area contributed by atoms with Gasteiger partial charge in [0.15, 0.2) is 0 Å². The first-order chi connectivity index (χ1) is 8.66. The summed E-state index contributed by atoms with van der Waals surface area (Å²) in [5.41, 5.74) is -0.492. The third-order valence-electron chi connectivity index (χ3n) is 3.58. The molecule has 0 spiro atoms. The van der Waals surface area contributed by atoms with Crippen molar-refractivity contribution in [3.05, 3.63) is 0 Å². The maximum Gasteiger partial charge on any atom is 0.0774 e. The van der Waals surface area contributed by atoms with Gasteiger partial charge in [0.25, 0.3) is 0 Å². The van der Waals surface area contributed by atoms with E-state index in [1.165, 1.54) is 6.42 Å². The lowest BCUT2D eigenvalue weighted by atomic mass is 9.79. The summed E-state index contributed by atoms with van der Waals surface area (Å²) in [6.45, 7) is 5.93. The number of ether oxygens (including phenoxy) is 2. The number of aliphatic hydroxyl groups is 1. The molecule has 2 unspecified atom stereocenters. The lowest BCUT2D eigenvalue weighted by Gasteiger charge is -2.35. The predicted octanol–water partition coefficient (Wildman–Crippen LogP) is 1.57. The number of hydrogen-bond donors (Lipinski definition) is 2. The largest absolute Gasteiger partial charge is 0.389 e. The molecule has 0 aliphatic heterocycles. The fourth-order valence-electron chi connectivity index (χ4n) is 2.67. The Labute approximate surface area is 111 Å². The summed E-state index contributed by atoms with van der Waals surface area (Å²) in [7, 11) is 1.70. The highest BCUT2D eigenvalue weighted by Crippen LogP contribution is 2.31. The number of rotatable bonds is 9. The van der Waals surface area contributed by atoms with Gasteiger partial charge in [-0.3, -0.25) is 0 Å². The Balaban J connectivity index is 1.96. The third-order valence-corrected chi connectivity index (χ3v) is 3.58. The van der Waals surface area contributed by atoms with E-state index < -0.39 is 5.60 Å². The Kier molecular flexibility index (Phi) is 7.82. The van der Waals surface area contributed by atoms with E-state index in [1.807, 2.05) is 0 Å². The summed E-state index contributed by atoms with van der Waals surface area (Å²) in [6, 6.07) is 0. The van der Waals surface area contributed by atoms with Crippen LogP contribution >= 0.6 is 0 Å². The molecule has 0 amide bonds. The van der Waals surface area contributed by atoms with Gasteiger partial charge in [-0.1, -0.05) is 19.8 Å². The van der Waals surface area contributed by atoms with Crippen molar-refractivity contribution in [3.8, 4) is 0 Å². The molecule has 1 rings (SSSR count). The van der Waals surface area contributed by atoms with Gasteiger partial charge in [0, 0.05) is 33.4 Å². The van der Waals surface area contributed by atoms with Crippen molar-refractivity contribution in [2.45, 2.75) is 44.6 Å². The van der Waals surface area contributed by atoms with Gasteiger partial charge in [-0.15, -0.1) is 0 Å². The van der Waals surface area contributed by atoms with Crippen LogP contribution in [0.25, 0.3) is 0 Å². The molecule has 108 valence electrons. The minimum absolute atomic E-state index is 0.492. The van der Waals surface area contributed by atoms with E-state index >= 15 is 0 Å². The summed E-state index contributed by atoms with van der Waals surface area (Å²) in [4.78, 5) is 0. The first-order valence-corrected chi connectivity index (χ1v) is 7.16. The van der Waals surface area contributed by atoms with Crippen LogP contribution in [0.1, 0.15) is 39.0 Å². The number of nitrogens with one attached hydrogen (secondary N) is 1. The molecule has 0 saturated heterocycles. The van der Waals surface area contributed by atoms with Crippen LogP contribution < -0.4 is 5.32 Å². The quantitative estimate of drug-likeness (QED) is 0.617. The number of methoxy groups -OCH3 is 1. The molecule has 0 radical (unpaired) electrons. The SMILES string of the molecule is COCCCOCCNCC1(O)CCCC(C)C1. The van der Waals surface area contributed by atoms with Crippen molar-refractivity contribution in [2.24, 2.45) is 5.92 Å². The summed E-state index contributed by atoms with van der Waals surface area (Å²) in [6.07, 6.45) is 5.20. The summed E-state index contributed by atoms with van der Waals surface area (Å²) in [5, 5.41) is 13.7. The lowest BCUT2D eigenvalue weighted by Crippen LogP contribution is -2.44. The zero-order chi connectivity index (χ0) is 13.3. The molecule has 1 aliphatic carbocycles. The van der Waals surface area contributed by atoms with Gasteiger partial charge < -0.3 is 19.9 Å². The van der Waals surface area contributed by atoms with Gasteiger partial charge in [0.05, 0.1) is 12.2 Å². The first kappa shape index (κ1) is 15.9. The zero-order valence-corrected chi connectivity index (χ0v) is 11.9. The molecule has 1 saturated carbocycles. The van der Waals surface area contributed by atoms with E-state index in [9.17, 15) is 5.11 Å². The molecule has 0 bridgehead atoms. The first-order valence-electron chi connectivity index (χ1n) is 7.16. The van der Waals surface area contributed by atoms with Gasteiger partial charge in [-0.05, 0) is 25.2 Å². The minimum atomic E-state index is -0.492. The topological polar surface area (TPSA) is 50.7 Å². The molecule has 2 atom stereocenters. The molecule has 1 aliphatic rings. The smallest absolute Gasteiger partial charge is 0.0774 e. The molecule has 1 fully saturated rings. The second-order valence-corrected chi connectivity index (χ2v) is 5.56. The van der Waals surface area contributed by atoms with Gasteiger partial charge in [0.2, 0.25) is 0 Å². The third kappa shape index (κ3) is 6.69. The predicted molar refractivity (Wildman–Crippen MR) is 72.8 cm³/mol. The Morgan fingerprint density at radius 1 is 1.33 bits per heavy atom. The monoisotopic (exact) mass is 259 g/mol. The van der Waals surface area contributed by atoms with Gasteiger partial charge in [-0.25, -0.2) is 0 Å². The molecular weight excluding hydrogens is 230 g/mol. The molecule has 0 aromatic carbocycles. The van der Waals surface area contributed by atoms with E-state index in [2.05, 4.69) is 12.2 Å². The molecule has 0 heterocycles. The van der Waals surface area contributed by atoms with Gasteiger partial charge >= 0.3 is 0 Å². The van der Waals surface area contributed by atoms with E-state index in [4.69, 9.17) is 9.47 Å². The summed E-state index contributed by atoms with van der Waals surface area (Å²) >= 11 is 0. The zero-order valence-electron chi connectivity index (χ0n) is 11.9. The van der Waals surface area contributed by atoms with Gasteiger partial charge in [0.1, 0.15) is 0 Å². The molecule has 0 aromatic rings. The van der Waals surface area contributed by atoms with E-state index in [0.29, 0.717) is 19.1 Å². The van der Waals surface area contributed by atoms with E-state index in [1.54, 1.807) is 7.11 Å². The maximum atomic E-state index is 10.4. The Morgan fingerprint density at radius 2 is 2.17 bits per heavy atom. The van der Waals surface area contributed by atoms with Crippen LogP contribution in [0.4, 0.5) is 0 Å². The molecular formula is C14H29NO3. The van der Waals surface area contributed by atoms with E-state index in [-0.39, 0.29) is 0 Å². The van der Waals surface area contributed by atoms with Crippen molar-refractivity contribution < 1.29 is 14.6 Å². The van der Waals surface area contributed by atoms with Gasteiger partial charge in [-0.2, -0.15) is 0 Å². The van der Waals surface area contributed by atoms with Crippen LogP contribution in [0.15, 0.2) is 0 Å². The lowest BCUT2D eigenvalue weighted by molar-refractivity contribution is -0.0129. The average molecular weight is 259 g/mol. The molecule has 0 aromatic heterocycles. The molecule has 2 N–H and O–H groups in total. The second-order valence-electron chi connectivity index (χ2n) is 5.56. The van der Waals surface area contributed by atoms with Crippen molar-refractivity contribution in [1.29, 1.82) is 0 Å². The highest BCUT2D eigenvalue weighted by Gasteiger charge is 2.31. The Hall–Kier alpha value is -0.160. The number of hydrogen-bond acceptors (Lipinski definition) is 4. The highest BCUT2D eigenvalue weighted by atomic mass is 16.5. The molecule has 4 heteroatoms. The molecule has 4 nitrogen and oxygen atoms in total. The normalized spacial score (nSPS) is 28.5. The fraction of sp³-hybridized carbons (Fsp3) is 1.00. The fourth-order valence-corrected chi connectivity index (χ4v) is 2.67. The van der Waals surface area contributed by atoms with Crippen molar-refractivity contribution in [2.75, 3.05) is 40.0 Å². The van der Waals surface area contributed by atoms with Crippen LogP contribution in [-0.4, -0.2) is 50.7 Å². The average Bonchev–Trinajstić information content (AvgIpc) is 2.32. The van der Waals surface area contributed by atoms with E-state index in [0.717, 1.165) is 45.4 Å². The summed E-state index contributed by atoms with van der Waals surface area (Å²) in [5.74, 6) is 0.649. The van der Waals surface area contributed by atoms with Crippen LogP contribution in [-0.2, 0) is 9.47 Å². The van der Waals surface area contributed by atoms with Crippen LogP contribution in [0, 0.1) is 5.92 Å².